The van der Waals surface area contributed by atoms with Gasteiger partial charge in [-0.2, -0.15) is 0 Å². The summed E-state index contributed by atoms with van der Waals surface area (Å²) in [5, 5.41) is 13.1. The number of nitrogens with two attached hydrogens (primary N) is 1. The fourth-order valence-corrected chi connectivity index (χ4v) is 6.53. The Morgan fingerprint density at radius 3 is 2.73 bits per heavy atom. The molecule has 0 aliphatic heterocycles. The van der Waals surface area contributed by atoms with E-state index in [-0.39, 0.29) is 11.7 Å². The summed E-state index contributed by atoms with van der Waals surface area (Å²) < 4.78 is 2.13. The first kappa shape index (κ1) is 22.2. The number of thioether (sulfide) groups is 1. The fraction of sp³-hybridized carbons (Fsp3) is 0.417. The molecule has 2 aliphatic rings. The van der Waals surface area contributed by atoms with Gasteiger partial charge in [0, 0.05) is 10.8 Å². The van der Waals surface area contributed by atoms with Crippen molar-refractivity contribution in [3.8, 4) is 0 Å². The van der Waals surface area contributed by atoms with Crippen molar-refractivity contribution in [1.29, 1.82) is 0 Å². The standard InChI is InChI=1S/C24H27N5O2S2/c1-14-7-10-17-18(11-14)33-23(20(17)21(25)31)26-19(30)13-32-24-28-27-22(16-8-9-16)29(24)12-15-5-3-2-4-6-15/h2-6,14,16H,7-13H2,1H3,(H2,25,31)(H,26,30)/t14-/m1/s1. The van der Waals surface area contributed by atoms with Crippen molar-refractivity contribution in [3.63, 3.8) is 0 Å². The quantitative estimate of drug-likeness (QED) is 0.469. The van der Waals surface area contributed by atoms with E-state index >= 15 is 0 Å². The molecule has 172 valence electrons. The largest absolute Gasteiger partial charge is 0.365 e. The first-order chi connectivity index (χ1) is 16.0. The summed E-state index contributed by atoms with van der Waals surface area (Å²) in [6, 6.07) is 10.2. The Labute approximate surface area is 201 Å². The molecule has 1 saturated carbocycles. The fourth-order valence-electron chi connectivity index (χ4n) is 4.36. The minimum atomic E-state index is -0.471. The predicted octanol–water partition coefficient (Wildman–Crippen LogP) is 4.22. The highest BCUT2D eigenvalue weighted by Gasteiger charge is 2.31. The monoisotopic (exact) mass is 481 g/mol. The smallest absolute Gasteiger partial charge is 0.251 e. The third-order valence-electron chi connectivity index (χ3n) is 6.21. The molecule has 0 unspecified atom stereocenters. The number of amides is 2. The van der Waals surface area contributed by atoms with Crippen LogP contribution in [-0.4, -0.2) is 32.3 Å². The van der Waals surface area contributed by atoms with Gasteiger partial charge in [-0.05, 0) is 49.1 Å². The van der Waals surface area contributed by atoms with E-state index in [1.807, 2.05) is 18.2 Å². The maximum absolute atomic E-state index is 12.8. The Morgan fingerprint density at radius 2 is 2.00 bits per heavy atom. The minimum Gasteiger partial charge on any atom is -0.365 e. The Morgan fingerprint density at radius 1 is 1.21 bits per heavy atom. The van der Waals surface area contributed by atoms with Gasteiger partial charge in [0.2, 0.25) is 5.91 Å². The molecule has 9 heteroatoms. The van der Waals surface area contributed by atoms with Crippen molar-refractivity contribution in [2.45, 2.75) is 56.6 Å². The van der Waals surface area contributed by atoms with Crippen LogP contribution in [0.2, 0.25) is 0 Å². The molecule has 1 aromatic carbocycles. The van der Waals surface area contributed by atoms with Crippen LogP contribution in [0.15, 0.2) is 35.5 Å². The Kier molecular flexibility index (Phi) is 6.25. The number of fused-ring (bicyclic) bond motifs is 1. The number of nitrogens with one attached hydrogen (secondary N) is 1. The molecule has 3 N–H and O–H groups in total. The number of thiophene rings is 1. The van der Waals surface area contributed by atoms with Gasteiger partial charge in [-0.1, -0.05) is 49.0 Å². The van der Waals surface area contributed by atoms with Crippen molar-refractivity contribution < 1.29 is 9.59 Å². The lowest BCUT2D eigenvalue weighted by Gasteiger charge is -2.18. The normalized spacial score (nSPS) is 17.5. The highest BCUT2D eigenvalue weighted by Crippen LogP contribution is 2.41. The summed E-state index contributed by atoms with van der Waals surface area (Å²) in [5.74, 6) is 1.58. The molecular formula is C24H27N5O2S2. The zero-order chi connectivity index (χ0) is 22.9. The van der Waals surface area contributed by atoms with Crippen LogP contribution in [0.25, 0.3) is 0 Å². The highest BCUT2D eigenvalue weighted by molar-refractivity contribution is 7.99. The summed E-state index contributed by atoms with van der Waals surface area (Å²) in [5.41, 5.74) is 8.36. The molecule has 0 radical (unpaired) electrons. The molecule has 1 fully saturated rings. The van der Waals surface area contributed by atoms with Gasteiger partial charge >= 0.3 is 0 Å². The zero-order valence-corrected chi connectivity index (χ0v) is 20.2. The lowest BCUT2D eigenvalue weighted by atomic mass is 9.88. The second-order valence-corrected chi connectivity index (χ2v) is 11.0. The minimum absolute atomic E-state index is 0.170. The number of hydrogen-bond donors (Lipinski definition) is 2. The number of rotatable bonds is 8. The van der Waals surface area contributed by atoms with E-state index < -0.39 is 5.91 Å². The van der Waals surface area contributed by atoms with E-state index in [4.69, 9.17) is 5.73 Å². The number of benzene rings is 1. The van der Waals surface area contributed by atoms with Crippen molar-refractivity contribution in [1.82, 2.24) is 14.8 Å². The molecular weight excluding hydrogens is 454 g/mol. The molecule has 0 bridgehead atoms. The van der Waals surface area contributed by atoms with E-state index in [1.165, 1.54) is 33.5 Å². The van der Waals surface area contributed by atoms with Crippen LogP contribution < -0.4 is 11.1 Å². The van der Waals surface area contributed by atoms with E-state index in [9.17, 15) is 9.59 Å². The van der Waals surface area contributed by atoms with Crippen molar-refractivity contribution in [2.24, 2.45) is 11.7 Å². The molecule has 2 heterocycles. The summed E-state index contributed by atoms with van der Waals surface area (Å²) in [7, 11) is 0. The van der Waals surface area contributed by atoms with Gasteiger partial charge < -0.3 is 15.6 Å². The van der Waals surface area contributed by atoms with Crippen LogP contribution in [0.4, 0.5) is 5.00 Å². The SMILES string of the molecule is C[C@@H]1CCc2c(sc(NC(=O)CSc3nnc(C4CC4)n3Cc3ccccc3)c2C(N)=O)C1. The Bertz CT molecular complexity index is 1180. The van der Waals surface area contributed by atoms with Crippen molar-refractivity contribution in [3.05, 3.63) is 57.7 Å². The van der Waals surface area contributed by atoms with Crippen LogP contribution in [0.5, 0.6) is 0 Å². The number of carbonyl (C=O) groups excluding carboxylic acids is 2. The van der Waals surface area contributed by atoms with Gasteiger partial charge in [0.15, 0.2) is 5.16 Å². The molecule has 1 atom stereocenters. The average molecular weight is 482 g/mol. The molecule has 2 aromatic heterocycles. The third kappa shape index (κ3) is 4.84. The van der Waals surface area contributed by atoms with Crippen molar-refractivity contribution in [2.75, 3.05) is 11.1 Å². The van der Waals surface area contributed by atoms with Crippen LogP contribution in [0.1, 0.15) is 64.3 Å². The second kappa shape index (κ2) is 9.30. The van der Waals surface area contributed by atoms with E-state index in [2.05, 4.69) is 39.1 Å². The number of anilines is 1. The van der Waals surface area contributed by atoms with Gasteiger partial charge in [0.25, 0.3) is 5.91 Å². The zero-order valence-electron chi connectivity index (χ0n) is 18.5. The summed E-state index contributed by atoms with van der Waals surface area (Å²) in [4.78, 5) is 26.1. The van der Waals surface area contributed by atoms with Crippen molar-refractivity contribution >= 4 is 39.9 Å². The molecule has 7 nitrogen and oxygen atoms in total. The van der Waals surface area contributed by atoms with Crippen LogP contribution >= 0.6 is 23.1 Å². The topological polar surface area (TPSA) is 103 Å². The van der Waals surface area contributed by atoms with Crippen LogP contribution in [-0.2, 0) is 24.2 Å². The Balaban J connectivity index is 1.30. The van der Waals surface area contributed by atoms with Gasteiger partial charge in [-0.15, -0.1) is 21.5 Å². The molecule has 3 aromatic rings. The second-order valence-electron chi connectivity index (χ2n) is 8.94. The van der Waals surface area contributed by atoms with E-state index in [1.54, 1.807) is 0 Å². The lowest BCUT2D eigenvalue weighted by Crippen LogP contribution is -2.20. The highest BCUT2D eigenvalue weighted by atomic mass is 32.2. The maximum atomic E-state index is 12.8. The molecule has 0 saturated heterocycles. The predicted molar refractivity (Wildman–Crippen MR) is 131 cm³/mol. The summed E-state index contributed by atoms with van der Waals surface area (Å²) in [6.07, 6.45) is 5.07. The number of nitrogens with zero attached hydrogens (tertiary/aromatic N) is 3. The van der Waals surface area contributed by atoms with Gasteiger partial charge in [0.05, 0.1) is 17.9 Å². The van der Waals surface area contributed by atoms with Gasteiger partial charge in [-0.25, -0.2) is 0 Å². The number of hydrogen-bond acceptors (Lipinski definition) is 6. The molecule has 0 spiro atoms. The summed E-state index contributed by atoms with van der Waals surface area (Å²) >= 11 is 2.86. The van der Waals surface area contributed by atoms with Gasteiger partial charge in [0.1, 0.15) is 10.8 Å². The molecule has 2 aliphatic carbocycles. The van der Waals surface area contributed by atoms with E-state index in [0.717, 1.165) is 48.6 Å². The number of aromatic nitrogens is 3. The molecule has 33 heavy (non-hydrogen) atoms. The first-order valence-corrected chi connectivity index (χ1v) is 13.1. The number of carbonyl (C=O) groups is 2. The Hall–Kier alpha value is -2.65. The van der Waals surface area contributed by atoms with Gasteiger partial charge in [-0.3, -0.25) is 9.59 Å². The summed E-state index contributed by atoms with van der Waals surface area (Å²) in [6.45, 7) is 2.90. The number of primary amides is 1. The third-order valence-corrected chi connectivity index (χ3v) is 8.35. The maximum Gasteiger partial charge on any atom is 0.251 e. The molecule has 5 rings (SSSR count). The van der Waals surface area contributed by atoms with Crippen LogP contribution in [0, 0.1) is 5.92 Å². The average Bonchev–Trinajstić information content (AvgIpc) is 3.46. The van der Waals surface area contributed by atoms with Crippen LogP contribution in [0.3, 0.4) is 0 Å². The lowest BCUT2D eigenvalue weighted by molar-refractivity contribution is -0.113. The van der Waals surface area contributed by atoms with E-state index in [0.29, 0.717) is 28.9 Å². The first-order valence-electron chi connectivity index (χ1n) is 11.3. The molecule has 2 amide bonds.